The van der Waals surface area contributed by atoms with E-state index in [4.69, 9.17) is 45.0 Å². The Kier molecular flexibility index (Phi) is 38.2. The van der Waals surface area contributed by atoms with Crippen LogP contribution in [0.25, 0.3) is 0 Å². The van der Waals surface area contributed by atoms with Crippen molar-refractivity contribution in [1.29, 1.82) is 0 Å². The highest BCUT2D eigenvalue weighted by Gasteiger charge is 2.05. The Morgan fingerprint density at radius 2 is 1.04 bits per heavy atom. The fourth-order valence-electron chi connectivity index (χ4n) is 1.23. The van der Waals surface area contributed by atoms with Crippen molar-refractivity contribution in [2.24, 2.45) is 11.5 Å². The molecule has 0 saturated heterocycles. The highest BCUT2D eigenvalue weighted by Crippen LogP contribution is 1.91. The molecule has 0 rings (SSSR count). The summed E-state index contributed by atoms with van der Waals surface area (Å²) in [6.07, 6.45) is 25.7. The third-order valence-corrected chi connectivity index (χ3v) is 2.56. The fourth-order valence-corrected chi connectivity index (χ4v) is 1.23. The summed E-state index contributed by atoms with van der Waals surface area (Å²) in [6.45, 7) is 4.93. The summed E-state index contributed by atoms with van der Waals surface area (Å²) >= 11 is 3.01. The van der Waals surface area contributed by atoms with Gasteiger partial charge in [-0.15, -0.1) is 32.1 Å². The highest BCUT2D eigenvalue weighted by molar-refractivity contribution is 9.09. The van der Waals surface area contributed by atoms with Crippen LogP contribution in [0.1, 0.15) is 1.37 Å². The molecule has 0 unspecified atom stereocenters. The molecule has 0 saturated carbocycles. The van der Waals surface area contributed by atoms with Gasteiger partial charge in [-0.25, -0.2) is 0 Å². The molecule has 0 atom stereocenters. The summed E-state index contributed by atoms with van der Waals surface area (Å²) in [5.74, 6) is 12.6. The second kappa shape index (κ2) is 34.4. The minimum Gasteiger partial charge on any atom is -0.329 e. The van der Waals surface area contributed by atoms with Gasteiger partial charge in [-0.2, -0.15) is 0 Å². The SMILES string of the molecule is C#CCBr.C#CCN(CC#C)CCN(CC#C)CC#C.NCCN.[2H]CF. The molecule has 0 aromatic heterocycles. The molecular formula is C20H30BrFN4. The Morgan fingerprint density at radius 1 is 0.808 bits per heavy atom. The molecule has 0 bridgehead atoms. The van der Waals surface area contributed by atoms with Gasteiger partial charge in [0.15, 0.2) is 0 Å². The normalized spacial score (nSPS) is 8.27. The summed E-state index contributed by atoms with van der Waals surface area (Å²) in [5.41, 5.74) is 9.81. The number of alkyl halides is 2. The molecule has 0 heterocycles. The van der Waals surface area contributed by atoms with Gasteiger partial charge in [-0.3, -0.25) is 14.2 Å². The first-order chi connectivity index (χ1) is 13.0. The van der Waals surface area contributed by atoms with E-state index in [-0.39, 0.29) is 0 Å². The van der Waals surface area contributed by atoms with Crippen LogP contribution in [0.4, 0.5) is 4.39 Å². The Bertz CT molecular complexity index is 425. The number of hydrogen-bond acceptors (Lipinski definition) is 4. The summed E-state index contributed by atoms with van der Waals surface area (Å²) < 4.78 is 15.5. The summed E-state index contributed by atoms with van der Waals surface area (Å²) in [7, 11) is -1.00. The van der Waals surface area contributed by atoms with E-state index < -0.39 is 7.15 Å². The Balaban J connectivity index is -0.000000196. The zero-order chi connectivity index (χ0) is 21.8. The predicted octanol–water partition coefficient (Wildman–Crippen LogP) is 0.627. The molecule has 0 aliphatic heterocycles. The molecule has 6 heteroatoms. The average molecular weight is 426 g/mol. The largest absolute Gasteiger partial charge is 0.329 e. The van der Waals surface area contributed by atoms with Crippen LogP contribution in [-0.2, 0) is 0 Å². The van der Waals surface area contributed by atoms with Crippen molar-refractivity contribution in [3.05, 3.63) is 0 Å². The third kappa shape index (κ3) is 33.6. The van der Waals surface area contributed by atoms with Crippen molar-refractivity contribution in [2.45, 2.75) is 0 Å². The van der Waals surface area contributed by atoms with E-state index in [1.165, 1.54) is 0 Å². The van der Waals surface area contributed by atoms with E-state index in [1.54, 1.807) is 0 Å². The fraction of sp³-hybridized carbons (Fsp3) is 0.500. The van der Waals surface area contributed by atoms with Crippen LogP contribution in [0.3, 0.4) is 0 Å². The maximum atomic E-state index is 9.96. The molecule has 0 aromatic rings. The molecule has 0 amide bonds. The quantitative estimate of drug-likeness (QED) is 0.442. The van der Waals surface area contributed by atoms with Crippen LogP contribution in [-0.4, -0.2) is 74.6 Å². The van der Waals surface area contributed by atoms with Gasteiger partial charge < -0.3 is 11.5 Å². The topological polar surface area (TPSA) is 58.5 Å². The maximum Gasteiger partial charge on any atom is 0.0785 e. The molecule has 0 aliphatic rings. The first-order valence-electron chi connectivity index (χ1n) is 8.17. The van der Waals surface area contributed by atoms with Gasteiger partial charge in [-0.05, 0) is 0 Å². The predicted molar refractivity (Wildman–Crippen MR) is 116 cm³/mol. The molecule has 144 valence electrons. The number of hydrogen-bond donors (Lipinski definition) is 2. The lowest BCUT2D eigenvalue weighted by Gasteiger charge is -2.22. The Hall–Kier alpha value is -1.95. The second-order valence-electron chi connectivity index (χ2n) is 4.15. The van der Waals surface area contributed by atoms with Crippen molar-refractivity contribution < 1.29 is 5.76 Å². The van der Waals surface area contributed by atoms with Crippen LogP contribution in [0.5, 0.6) is 0 Å². The Labute approximate surface area is 169 Å². The zero-order valence-electron chi connectivity index (χ0n) is 16.3. The number of nitrogens with two attached hydrogens (primary N) is 2. The van der Waals surface area contributed by atoms with Gasteiger partial charge in [-0.1, -0.05) is 45.5 Å². The minimum atomic E-state index is -1.00. The lowest BCUT2D eigenvalue weighted by molar-refractivity contribution is 0.263. The van der Waals surface area contributed by atoms with Crippen molar-refractivity contribution in [3.8, 4) is 61.7 Å². The highest BCUT2D eigenvalue weighted by atomic mass is 79.9. The Morgan fingerprint density at radius 3 is 1.15 bits per heavy atom. The summed E-state index contributed by atoms with van der Waals surface area (Å²) in [4.78, 5) is 4.00. The monoisotopic (exact) mass is 425 g/mol. The minimum absolute atomic E-state index is 0.546. The number of nitrogens with zero attached hydrogens (tertiary/aromatic N) is 2. The van der Waals surface area contributed by atoms with Crippen LogP contribution in [0, 0.1) is 61.7 Å². The van der Waals surface area contributed by atoms with E-state index in [0.717, 1.165) is 13.1 Å². The first kappa shape index (κ1) is 28.8. The number of rotatable bonds is 8. The van der Waals surface area contributed by atoms with Gasteiger partial charge >= 0.3 is 0 Å². The van der Waals surface area contributed by atoms with Crippen molar-refractivity contribution >= 4 is 15.9 Å². The van der Waals surface area contributed by atoms with E-state index >= 15 is 0 Å². The van der Waals surface area contributed by atoms with Crippen LogP contribution in [0.15, 0.2) is 0 Å². The van der Waals surface area contributed by atoms with E-state index in [1.807, 2.05) is 9.80 Å². The van der Waals surface area contributed by atoms with Gasteiger partial charge in [0, 0.05) is 26.2 Å². The van der Waals surface area contributed by atoms with Gasteiger partial charge in [0.1, 0.15) is 0 Å². The smallest absolute Gasteiger partial charge is 0.0785 e. The van der Waals surface area contributed by atoms with Crippen molar-refractivity contribution in [1.82, 2.24) is 9.80 Å². The molecular weight excluding hydrogens is 395 g/mol. The van der Waals surface area contributed by atoms with E-state index in [2.05, 4.69) is 45.5 Å². The van der Waals surface area contributed by atoms with Crippen LogP contribution < -0.4 is 11.5 Å². The third-order valence-electron chi connectivity index (χ3n) is 2.24. The molecule has 4 N–H and O–H groups in total. The van der Waals surface area contributed by atoms with Gasteiger partial charge in [0.05, 0.1) is 40.0 Å². The lowest BCUT2D eigenvalue weighted by atomic mass is 10.4. The van der Waals surface area contributed by atoms with E-state index in [9.17, 15) is 4.39 Å². The van der Waals surface area contributed by atoms with Crippen molar-refractivity contribution in [2.75, 3.05) is 64.8 Å². The summed E-state index contributed by atoms with van der Waals surface area (Å²) in [5, 5.41) is 0.660. The molecule has 0 fully saturated rings. The van der Waals surface area contributed by atoms with Gasteiger partial charge in [0.2, 0.25) is 0 Å². The molecule has 0 spiro atoms. The van der Waals surface area contributed by atoms with Crippen LogP contribution >= 0.6 is 15.9 Å². The molecule has 0 aromatic carbocycles. The van der Waals surface area contributed by atoms with Gasteiger partial charge in [0.25, 0.3) is 0 Å². The lowest BCUT2D eigenvalue weighted by Crippen LogP contribution is -2.36. The van der Waals surface area contributed by atoms with Crippen LogP contribution in [0.2, 0.25) is 0 Å². The molecule has 0 aliphatic carbocycles. The maximum absolute atomic E-state index is 9.96. The van der Waals surface area contributed by atoms with E-state index in [0.29, 0.717) is 44.6 Å². The molecule has 26 heavy (non-hydrogen) atoms. The average Bonchev–Trinajstić information content (AvgIpc) is 2.67. The summed E-state index contributed by atoms with van der Waals surface area (Å²) in [6, 6.07) is 0. The standard InChI is InChI=1S/C14H16N2.C3H3Br.C2H8N2.CH3F/c1-5-9-15(10-6-2)13-14-16(11-7-3)12-8-4;1-2-3-4;3-1-2-4;1-2/h1-4H,9-14H2;1H,3H2;1-4H2;1H3/i;;;1D. The molecule has 0 radical (unpaired) electrons. The first-order valence-corrected chi connectivity index (χ1v) is 8.58. The zero-order valence-corrected chi connectivity index (χ0v) is 16.8. The number of halogens is 2. The molecule has 4 nitrogen and oxygen atoms in total. The number of terminal acetylenes is 5. The second-order valence-corrected chi connectivity index (χ2v) is 4.71. The van der Waals surface area contributed by atoms with Crippen molar-refractivity contribution in [3.63, 3.8) is 0 Å².